The van der Waals surface area contributed by atoms with Crippen molar-refractivity contribution in [3.05, 3.63) is 76.7 Å². The van der Waals surface area contributed by atoms with Gasteiger partial charge in [0.15, 0.2) is 9.84 Å². The molecule has 1 aromatic heterocycles. The van der Waals surface area contributed by atoms with Crippen molar-refractivity contribution in [2.24, 2.45) is 5.73 Å². The van der Waals surface area contributed by atoms with Crippen LogP contribution < -0.4 is 21.1 Å². The second-order valence-electron chi connectivity index (χ2n) is 7.38. The largest absolute Gasteiger partial charge is 0.493 e. The SMILES string of the molecule is CS(=O)(=O)c1ccc(C(=O)Nc2ccc(F)cc2C(=O)Nc2ccc(Cl)cn2)c(OCCCN)c1. The van der Waals surface area contributed by atoms with E-state index in [0.717, 1.165) is 18.4 Å². The zero-order chi connectivity index (χ0) is 25.6. The van der Waals surface area contributed by atoms with Gasteiger partial charge in [-0.1, -0.05) is 11.6 Å². The number of carbonyl (C=O) groups excluding carboxylic acids is 2. The van der Waals surface area contributed by atoms with E-state index in [1.165, 1.54) is 42.6 Å². The van der Waals surface area contributed by atoms with Crippen molar-refractivity contribution in [2.45, 2.75) is 11.3 Å². The van der Waals surface area contributed by atoms with Crippen molar-refractivity contribution < 1.29 is 27.1 Å². The standard InChI is InChI=1S/C23H22ClFN4O5S/c1-35(32,33)16-5-6-17(20(12-16)34-10-2-9-26)22(30)28-19-7-4-15(25)11-18(19)23(31)29-21-8-3-14(24)13-27-21/h3-8,11-13H,2,9-10,26H2,1H3,(H,28,30)(H,27,29,31). The molecule has 3 aromatic rings. The maximum Gasteiger partial charge on any atom is 0.259 e. The molecule has 0 aliphatic rings. The highest BCUT2D eigenvalue weighted by molar-refractivity contribution is 7.90. The van der Waals surface area contributed by atoms with Crippen LogP contribution in [0.15, 0.2) is 59.6 Å². The van der Waals surface area contributed by atoms with E-state index in [1.807, 2.05) is 0 Å². The minimum Gasteiger partial charge on any atom is -0.493 e. The normalized spacial score (nSPS) is 11.1. The van der Waals surface area contributed by atoms with E-state index < -0.39 is 27.5 Å². The lowest BCUT2D eigenvalue weighted by Gasteiger charge is -2.15. The molecule has 184 valence electrons. The van der Waals surface area contributed by atoms with E-state index >= 15 is 0 Å². The first-order valence-corrected chi connectivity index (χ1v) is 12.6. The number of benzene rings is 2. The Morgan fingerprint density at radius 2 is 1.80 bits per heavy atom. The van der Waals surface area contributed by atoms with Crippen LogP contribution in [0.3, 0.4) is 0 Å². The number of nitrogens with two attached hydrogens (primary N) is 1. The first kappa shape index (κ1) is 26.1. The van der Waals surface area contributed by atoms with Crippen molar-refractivity contribution in [3.63, 3.8) is 0 Å². The molecule has 2 amide bonds. The number of rotatable bonds is 9. The van der Waals surface area contributed by atoms with Gasteiger partial charge in [0.05, 0.1) is 33.3 Å². The number of hydrogen-bond acceptors (Lipinski definition) is 7. The summed E-state index contributed by atoms with van der Waals surface area (Å²) >= 11 is 5.79. The quantitative estimate of drug-likeness (QED) is 0.367. The molecule has 0 aliphatic heterocycles. The molecule has 9 nitrogen and oxygen atoms in total. The summed E-state index contributed by atoms with van der Waals surface area (Å²) in [6.45, 7) is 0.492. The Morgan fingerprint density at radius 3 is 2.46 bits per heavy atom. The summed E-state index contributed by atoms with van der Waals surface area (Å²) in [6.07, 6.45) is 2.84. The van der Waals surface area contributed by atoms with Gasteiger partial charge in [0.1, 0.15) is 17.4 Å². The zero-order valence-corrected chi connectivity index (χ0v) is 20.1. The molecule has 4 N–H and O–H groups in total. The zero-order valence-electron chi connectivity index (χ0n) is 18.5. The minimum atomic E-state index is -3.56. The van der Waals surface area contributed by atoms with Crippen LogP contribution in [0.1, 0.15) is 27.1 Å². The Kier molecular flexibility index (Phi) is 8.39. The molecule has 0 aliphatic carbocycles. The summed E-state index contributed by atoms with van der Waals surface area (Å²) in [6, 6.07) is 10.1. The Hall–Kier alpha value is -3.54. The number of carbonyl (C=O) groups is 2. The van der Waals surface area contributed by atoms with Crippen LogP contribution >= 0.6 is 11.6 Å². The maximum atomic E-state index is 13.9. The molecule has 1 heterocycles. The molecule has 35 heavy (non-hydrogen) atoms. The van der Waals surface area contributed by atoms with Crippen LogP contribution in [0.4, 0.5) is 15.9 Å². The van der Waals surface area contributed by atoms with Crippen molar-refractivity contribution in [1.29, 1.82) is 0 Å². The lowest BCUT2D eigenvalue weighted by molar-refractivity contribution is 0.102. The molecule has 0 saturated heterocycles. The molecular formula is C23H22ClFN4O5S. The summed E-state index contributed by atoms with van der Waals surface area (Å²) in [4.78, 5) is 29.8. The van der Waals surface area contributed by atoms with Crippen LogP contribution in [-0.2, 0) is 9.84 Å². The number of sulfone groups is 1. The molecule has 0 bridgehead atoms. The minimum absolute atomic E-state index is 0.0166. The molecular weight excluding hydrogens is 499 g/mol. The predicted molar refractivity (Wildman–Crippen MR) is 130 cm³/mol. The molecule has 12 heteroatoms. The maximum absolute atomic E-state index is 13.9. The summed E-state index contributed by atoms with van der Waals surface area (Å²) in [5, 5.41) is 5.43. The number of nitrogens with one attached hydrogen (secondary N) is 2. The highest BCUT2D eigenvalue weighted by Gasteiger charge is 2.20. The van der Waals surface area contributed by atoms with E-state index in [0.29, 0.717) is 18.0 Å². The van der Waals surface area contributed by atoms with E-state index in [2.05, 4.69) is 15.6 Å². The first-order valence-electron chi connectivity index (χ1n) is 10.3. The summed E-state index contributed by atoms with van der Waals surface area (Å²) in [5.74, 6) is -1.91. The van der Waals surface area contributed by atoms with Gasteiger partial charge in [0.25, 0.3) is 11.8 Å². The Bertz CT molecular complexity index is 1350. The van der Waals surface area contributed by atoms with Gasteiger partial charge in [-0.2, -0.15) is 0 Å². The Morgan fingerprint density at radius 1 is 1.06 bits per heavy atom. The van der Waals surface area contributed by atoms with Gasteiger partial charge < -0.3 is 21.1 Å². The van der Waals surface area contributed by atoms with E-state index in [1.54, 1.807) is 0 Å². The monoisotopic (exact) mass is 520 g/mol. The van der Waals surface area contributed by atoms with Gasteiger partial charge in [-0.05, 0) is 61.5 Å². The van der Waals surface area contributed by atoms with Crippen LogP contribution in [-0.4, -0.2) is 44.6 Å². The second-order valence-corrected chi connectivity index (χ2v) is 9.83. The van der Waals surface area contributed by atoms with Gasteiger partial charge in [0, 0.05) is 12.5 Å². The third kappa shape index (κ3) is 6.98. The van der Waals surface area contributed by atoms with Crippen molar-refractivity contribution >= 4 is 44.8 Å². The number of amides is 2. The Labute approximate surface area is 206 Å². The van der Waals surface area contributed by atoms with Crippen molar-refractivity contribution in [3.8, 4) is 5.75 Å². The van der Waals surface area contributed by atoms with Crippen LogP contribution in [0.2, 0.25) is 5.02 Å². The van der Waals surface area contributed by atoms with Crippen LogP contribution in [0.25, 0.3) is 0 Å². The number of pyridine rings is 1. The second kappa shape index (κ2) is 11.3. The highest BCUT2D eigenvalue weighted by atomic mass is 35.5. The highest BCUT2D eigenvalue weighted by Crippen LogP contribution is 2.26. The van der Waals surface area contributed by atoms with Gasteiger partial charge >= 0.3 is 0 Å². The number of hydrogen-bond donors (Lipinski definition) is 3. The third-order valence-electron chi connectivity index (χ3n) is 4.68. The fourth-order valence-electron chi connectivity index (χ4n) is 2.94. The smallest absolute Gasteiger partial charge is 0.259 e. The summed E-state index contributed by atoms with van der Waals surface area (Å²) < 4.78 is 43.4. The molecule has 0 saturated carbocycles. The van der Waals surface area contributed by atoms with Crippen LogP contribution in [0.5, 0.6) is 5.75 Å². The topological polar surface area (TPSA) is 140 Å². The van der Waals surface area contributed by atoms with Crippen LogP contribution in [0, 0.1) is 5.82 Å². The fourth-order valence-corrected chi connectivity index (χ4v) is 3.69. The summed E-state index contributed by atoms with van der Waals surface area (Å²) in [7, 11) is -3.56. The molecule has 0 atom stereocenters. The summed E-state index contributed by atoms with van der Waals surface area (Å²) in [5.41, 5.74) is 5.35. The first-order chi connectivity index (χ1) is 16.6. The number of aromatic nitrogens is 1. The number of anilines is 2. The molecule has 0 spiro atoms. The average Bonchev–Trinajstić information content (AvgIpc) is 2.81. The fraction of sp³-hybridized carbons (Fsp3) is 0.174. The van der Waals surface area contributed by atoms with Crippen molar-refractivity contribution in [2.75, 3.05) is 30.0 Å². The molecule has 0 fully saturated rings. The third-order valence-corrected chi connectivity index (χ3v) is 6.01. The van der Waals surface area contributed by atoms with Crippen molar-refractivity contribution in [1.82, 2.24) is 4.98 Å². The van der Waals surface area contributed by atoms with E-state index in [-0.39, 0.29) is 39.9 Å². The number of nitrogens with zero attached hydrogens (tertiary/aromatic N) is 1. The number of halogens is 2. The molecule has 0 radical (unpaired) electrons. The van der Waals surface area contributed by atoms with Gasteiger partial charge in [0.2, 0.25) is 0 Å². The predicted octanol–water partition coefficient (Wildman–Crippen LogP) is 3.51. The lowest BCUT2D eigenvalue weighted by atomic mass is 10.1. The van der Waals surface area contributed by atoms with E-state index in [4.69, 9.17) is 22.1 Å². The lowest BCUT2D eigenvalue weighted by Crippen LogP contribution is -2.20. The van der Waals surface area contributed by atoms with Gasteiger partial charge in [-0.25, -0.2) is 17.8 Å². The van der Waals surface area contributed by atoms with E-state index in [9.17, 15) is 22.4 Å². The average molecular weight is 521 g/mol. The molecule has 2 aromatic carbocycles. The Balaban J connectivity index is 1.90. The van der Waals surface area contributed by atoms with Gasteiger partial charge in [-0.15, -0.1) is 0 Å². The molecule has 3 rings (SSSR count). The number of ether oxygens (including phenoxy) is 1. The molecule has 0 unspecified atom stereocenters. The van der Waals surface area contributed by atoms with Gasteiger partial charge in [-0.3, -0.25) is 9.59 Å².